The first-order valence-electron chi connectivity index (χ1n) is 10.3. The molecule has 172 valence electrons. The Labute approximate surface area is 189 Å². The van der Waals surface area contributed by atoms with Crippen LogP contribution in [0.3, 0.4) is 0 Å². The SMILES string of the molecule is CC(=O)c1cccc(S(=O)(=O)N2CCC(C(=O)Nc3cccc(-c4noc(=O)[nH]4)c3)CC2)c1. The second-order valence-corrected chi connectivity index (χ2v) is 9.71. The number of rotatable bonds is 6. The number of aromatic nitrogens is 2. The zero-order valence-corrected chi connectivity index (χ0v) is 18.6. The Hall–Kier alpha value is -3.57. The van der Waals surface area contributed by atoms with Gasteiger partial charge in [-0.1, -0.05) is 29.4 Å². The van der Waals surface area contributed by atoms with Crippen LogP contribution in [-0.4, -0.2) is 47.6 Å². The zero-order chi connectivity index (χ0) is 23.6. The molecule has 1 aromatic heterocycles. The summed E-state index contributed by atoms with van der Waals surface area (Å²) in [5.74, 6) is -1.19. The number of H-pyrrole nitrogens is 1. The highest BCUT2D eigenvalue weighted by Crippen LogP contribution is 2.26. The average molecular weight is 471 g/mol. The smallest absolute Gasteiger partial charge is 0.326 e. The third kappa shape index (κ3) is 4.94. The molecule has 2 N–H and O–H groups in total. The van der Waals surface area contributed by atoms with E-state index in [0.717, 1.165) is 0 Å². The van der Waals surface area contributed by atoms with Gasteiger partial charge in [0.05, 0.1) is 4.90 Å². The highest BCUT2D eigenvalue weighted by Gasteiger charge is 2.32. The molecule has 11 heteroatoms. The third-order valence-electron chi connectivity index (χ3n) is 5.55. The van der Waals surface area contributed by atoms with E-state index in [1.165, 1.54) is 23.4 Å². The third-order valence-corrected chi connectivity index (χ3v) is 7.44. The zero-order valence-electron chi connectivity index (χ0n) is 17.8. The number of anilines is 1. The average Bonchev–Trinajstić information content (AvgIpc) is 3.26. The van der Waals surface area contributed by atoms with Crippen LogP contribution in [0.15, 0.2) is 62.7 Å². The van der Waals surface area contributed by atoms with E-state index < -0.39 is 15.8 Å². The molecule has 0 aliphatic carbocycles. The second-order valence-electron chi connectivity index (χ2n) is 7.78. The molecule has 33 heavy (non-hydrogen) atoms. The van der Waals surface area contributed by atoms with Gasteiger partial charge in [0.25, 0.3) is 0 Å². The summed E-state index contributed by atoms with van der Waals surface area (Å²) in [5, 5.41) is 6.47. The van der Waals surface area contributed by atoms with Crippen LogP contribution in [0.2, 0.25) is 0 Å². The Morgan fingerprint density at radius 3 is 2.52 bits per heavy atom. The molecule has 0 spiro atoms. The Morgan fingerprint density at radius 1 is 1.12 bits per heavy atom. The standard InChI is InChI=1S/C22H22N4O6S/c1-14(27)16-4-3-7-19(13-16)33(30,31)26-10-8-15(9-11-26)21(28)23-18-6-2-5-17(12-18)20-24-22(29)32-25-20/h2-7,12-13,15H,8-11H2,1H3,(H,23,28)(H,24,25,29). The maximum atomic E-state index is 13.0. The van der Waals surface area contributed by atoms with Crippen molar-refractivity contribution in [3.8, 4) is 11.4 Å². The van der Waals surface area contributed by atoms with E-state index in [2.05, 4.69) is 20.0 Å². The molecule has 1 aliphatic heterocycles. The van der Waals surface area contributed by atoms with Crippen molar-refractivity contribution >= 4 is 27.4 Å². The summed E-state index contributed by atoms with van der Waals surface area (Å²) < 4.78 is 31.8. The number of hydrogen-bond donors (Lipinski definition) is 2. The van der Waals surface area contributed by atoms with Crippen LogP contribution in [-0.2, 0) is 14.8 Å². The largest absolute Gasteiger partial charge is 0.439 e. The lowest BCUT2D eigenvalue weighted by Crippen LogP contribution is -2.41. The van der Waals surface area contributed by atoms with E-state index in [-0.39, 0.29) is 41.4 Å². The van der Waals surface area contributed by atoms with Crippen LogP contribution in [0.25, 0.3) is 11.4 Å². The number of nitrogens with zero attached hydrogens (tertiary/aromatic N) is 2. The number of ketones is 1. The van der Waals surface area contributed by atoms with Gasteiger partial charge >= 0.3 is 5.76 Å². The fraction of sp³-hybridized carbons (Fsp3) is 0.273. The van der Waals surface area contributed by atoms with E-state index in [9.17, 15) is 22.8 Å². The first kappa shape index (κ1) is 22.6. The Balaban J connectivity index is 1.40. The molecule has 4 rings (SSSR count). The molecule has 1 saturated heterocycles. The van der Waals surface area contributed by atoms with E-state index in [4.69, 9.17) is 0 Å². The van der Waals surface area contributed by atoms with Gasteiger partial charge in [-0.2, -0.15) is 4.31 Å². The number of piperidine rings is 1. The number of benzene rings is 2. The molecule has 3 aromatic rings. The molecule has 2 heterocycles. The van der Waals surface area contributed by atoms with Crippen molar-refractivity contribution < 1.29 is 22.5 Å². The van der Waals surface area contributed by atoms with Crippen LogP contribution >= 0.6 is 0 Å². The lowest BCUT2D eigenvalue weighted by molar-refractivity contribution is -0.120. The normalized spacial score (nSPS) is 15.3. The van der Waals surface area contributed by atoms with Gasteiger partial charge in [-0.3, -0.25) is 19.1 Å². The second kappa shape index (κ2) is 9.12. The molecule has 2 aromatic carbocycles. The molecular formula is C22H22N4O6S. The summed E-state index contributed by atoms with van der Waals surface area (Å²) in [4.78, 5) is 38.0. The van der Waals surface area contributed by atoms with E-state index >= 15 is 0 Å². The lowest BCUT2D eigenvalue weighted by Gasteiger charge is -2.30. The highest BCUT2D eigenvalue weighted by atomic mass is 32.2. The number of aromatic amines is 1. The molecule has 1 aliphatic rings. The van der Waals surface area contributed by atoms with Crippen molar-refractivity contribution in [1.82, 2.24) is 14.4 Å². The molecule has 0 radical (unpaired) electrons. The number of sulfonamides is 1. The van der Waals surface area contributed by atoms with E-state index in [1.54, 1.807) is 36.4 Å². The monoisotopic (exact) mass is 470 g/mol. The predicted molar refractivity (Wildman–Crippen MR) is 119 cm³/mol. The van der Waals surface area contributed by atoms with Crippen molar-refractivity contribution in [2.45, 2.75) is 24.7 Å². The Kier molecular flexibility index (Phi) is 6.25. The van der Waals surface area contributed by atoms with Gasteiger partial charge in [-0.25, -0.2) is 13.2 Å². The van der Waals surface area contributed by atoms with Gasteiger partial charge in [0.15, 0.2) is 11.6 Å². The number of carbonyl (C=O) groups is 2. The predicted octanol–water partition coefficient (Wildman–Crippen LogP) is 2.27. The fourth-order valence-electron chi connectivity index (χ4n) is 3.73. The summed E-state index contributed by atoms with van der Waals surface area (Å²) in [5.41, 5.74) is 1.44. The summed E-state index contributed by atoms with van der Waals surface area (Å²) in [6, 6.07) is 12.8. The van der Waals surface area contributed by atoms with Gasteiger partial charge in [0, 0.05) is 35.8 Å². The van der Waals surface area contributed by atoms with Gasteiger partial charge in [0.1, 0.15) is 0 Å². The number of nitrogens with one attached hydrogen (secondary N) is 2. The molecule has 0 bridgehead atoms. The minimum atomic E-state index is -3.76. The fourth-order valence-corrected chi connectivity index (χ4v) is 5.24. The maximum Gasteiger partial charge on any atom is 0.439 e. The van der Waals surface area contributed by atoms with Crippen molar-refractivity contribution in [3.63, 3.8) is 0 Å². The van der Waals surface area contributed by atoms with Crippen molar-refractivity contribution in [2.24, 2.45) is 5.92 Å². The summed E-state index contributed by atoms with van der Waals surface area (Å²) >= 11 is 0. The molecule has 1 amide bonds. The Morgan fingerprint density at radius 2 is 1.85 bits per heavy atom. The van der Waals surface area contributed by atoms with Crippen LogP contribution in [0.5, 0.6) is 0 Å². The highest BCUT2D eigenvalue weighted by molar-refractivity contribution is 7.89. The number of Topliss-reactive ketones (excluding diaryl/α,β-unsaturated/α-hetero) is 1. The summed E-state index contributed by atoms with van der Waals surface area (Å²) in [7, 11) is -3.76. The topological polar surface area (TPSA) is 142 Å². The molecule has 1 fully saturated rings. The first-order chi connectivity index (χ1) is 15.7. The molecule has 10 nitrogen and oxygen atoms in total. The van der Waals surface area contributed by atoms with E-state index in [1.807, 2.05) is 0 Å². The molecule has 0 saturated carbocycles. The summed E-state index contributed by atoms with van der Waals surface area (Å²) in [6.07, 6.45) is 0.738. The van der Waals surface area contributed by atoms with Crippen molar-refractivity contribution in [1.29, 1.82) is 0 Å². The number of hydrogen-bond acceptors (Lipinski definition) is 7. The number of carbonyl (C=O) groups excluding carboxylic acids is 2. The van der Waals surface area contributed by atoms with Gasteiger partial charge in [-0.15, -0.1) is 0 Å². The Bertz CT molecular complexity index is 1350. The van der Waals surface area contributed by atoms with Gasteiger partial charge in [0.2, 0.25) is 15.9 Å². The summed E-state index contributed by atoms with van der Waals surface area (Å²) in [6.45, 7) is 1.78. The van der Waals surface area contributed by atoms with Crippen LogP contribution < -0.4 is 11.1 Å². The van der Waals surface area contributed by atoms with Gasteiger partial charge < -0.3 is 5.32 Å². The maximum absolute atomic E-state index is 13.0. The molecular weight excluding hydrogens is 448 g/mol. The first-order valence-corrected chi connectivity index (χ1v) is 11.8. The van der Waals surface area contributed by atoms with Crippen LogP contribution in [0, 0.1) is 5.92 Å². The van der Waals surface area contributed by atoms with Crippen LogP contribution in [0.4, 0.5) is 5.69 Å². The lowest BCUT2D eigenvalue weighted by atomic mass is 9.97. The molecule has 0 unspecified atom stereocenters. The quantitative estimate of drug-likeness (QED) is 0.526. The minimum absolute atomic E-state index is 0.0702. The van der Waals surface area contributed by atoms with Crippen molar-refractivity contribution in [3.05, 3.63) is 64.6 Å². The minimum Gasteiger partial charge on any atom is -0.326 e. The molecule has 0 atom stereocenters. The van der Waals surface area contributed by atoms with Gasteiger partial charge in [-0.05, 0) is 44.0 Å². The van der Waals surface area contributed by atoms with Crippen LogP contribution in [0.1, 0.15) is 30.1 Å². The van der Waals surface area contributed by atoms with E-state index in [0.29, 0.717) is 29.7 Å². The van der Waals surface area contributed by atoms with Crippen molar-refractivity contribution in [2.75, 3.05) is 18.4 Å². The number of amides is 1.